The van der Waals surface area contributed by atoms with Crippen LogP contribution in [0.5, 0.6) is 11.5 Å². The lowest BCUT2D eigenvalue weighted by Gasteiger charge is -2.29. The zero-order valence-electron chi connectivity index (χ0n) is 14.3. The van der Waals surface area contributed by atoms with Gasteiger partial charge in [0.2, 0.25) is 0 Å². The minimum atomic E-state index is -4.11. The van der Waals surface area contributed by atoms with Crippen LogP contribution in [-0.2, 0) is 29.8 Å². The van der Waals surface area contributed by atoms with Gasteiger partial charge < -0.3 is 8.92 Å². The summed E-state index contributed by atoms with van der Waals surface area (Å²) in [5.74, 6) is 0.426. The first-order valence-electron chi connectivity index (χ1n) is 8.01. The molecule has 1 heterocycles. The number of nitrogens with zero attached hydrogens (tertiary/aromatic N) is 2. The van der Waals surface area contributed by atoms with Crippen LogP contribution in [0.15, 0.2) is 36.4 Å². The summed E-state index contributed by atoms with van der Waals surface area (Å²) in [7, 11) is -2.66. The number of ether oxygens (including phenoxy) is 1. The Morgan fingerprint density at radius 2 is 2.00 bits per heavy atom. The molecule has 2 N–H and O–H groups in total. The zero-order chi connectivity index (χ0) is 18.7. The average Bonchev–Trinajstić information content (AvgIpc) is 2.60. The fourth-order valence-corrected chi connectivity index (χ4v) is 3.49. The van der Waals surface area contributed by atoms with Crippen LogP contribution in [0.4, 0.5) is 0 Å². The number of methoxy groups -OCH3 is 1. The van der Waals surface area contributed by atoms with E-state index in [0.29, 0.717) is 17.9 Å². The van der Waals surface area contributed by atoms with Crippen LogP contribution in [0.3, 0.4) is 0 Å². The number of nitriles is 1. The van der Waals surface area contributed by atoms with E-state index in [9.17, 15) is 8.42 Å². The van der Waals surface area contributed by atoms with Crippen molar-refractivity contribution < 1.29 is 17.3 Å². The van der Waals surface area contributed by atoms with Crippen LogP contribution in [0.25, 0.3) is 0 Å². The van der Waals surface area contributed by atoms with Gasteiger partial charge in [0.05, 0.1) is 18.7 Å². The predicted octanol–water partition coefficient (Wildman–Crippen LogP) is 1.71. The van der Waals surface area contributed by atoms with Gasteiger partial charge in [-0.1, -0.05) is 12.1 Å². The van der Waals surface area contributed by atoms with Gasteiger partial charge in [-0.05, 0) is 47.4 Å². The molecule has 0 saturated carbocycles. The van der Waals surface area contributed by atoms with Crippen molar-refractivity contribution >= 4 is 10.3 Å². The molecule has 0 aromatic heterocycles. The van der Waals surface area contributed by atoms with Gasteiger partial charge in [0.15, 0.2) is 11.5 Å². The number of hydrogen-bond acceptors (Lipinski definition) is 6. The first-order valence-corrected chi connectivity index (χ1v) is 9.48. The van der Waals surface area contributed by atoms with Crippen molar-refractivity contribution in [2.24, 2.45) is 5.14 Å². The van der Waals surface area contributed by atoms with Crippen molar-refractivity contribution in [2.75, 3.05) is 13.7 Å². The van der Waals surface area contributed by atoms with Gasteiger partial charge in [0.1, 0.15) is 0 Å². The Labute approximate surface area is 152 Å². The molecule has 0 atom stereocenters. The van der Waals surface area contributed by atoms with Crippen LogP contribution in [-0.4, -0.2) is 27.0 Å². The molecule has 0 fully saturated rings. The average molecular weight is 373 g/mol. The van der Waals surface area contributed by atoms with Gasteiger partial charge in [-0.3, -0.25) is 4.90 Å². The van der Waals surface area contributed by atoms with Crippen molar-refractivity contribution in [1.82, 2.24) is 4.90 Å². The van der Waals surface area contributed by atoms with Gasteiger partial charge in [0.25, 0.3) is 0 Å². The Morgan fingerprint density at radius 1 is 1.23 bits per heavy atom. The van der Waals surface area contributed by atoms with E-state index in [1.807, 2.05) is 18.2 Å². The minimum absolute atomic E-state index is 0.101. The lowest BCUT2D eigenvalue weighted by atomic mass is 9.98. The third-order valence-corrected chi connectivity index (χ3v) is 4.66. The second-order valence-corrected chi connectivity index (χ2v) is 7.27. The molecule has 2 aromatic rings. The fourth-order valence-electron chi connectivity index (χ4n) is 3.10. The predicted molar refractivity (Wildman–Crippen MR) is 95.7 cm³/mol. The molecule has 3 rings (SSSR count). The standard InChI is InChI=1S/C18H19N3O4S/c1-24-17-9-16-12-21(11-14-4-2-3-13(7-14)10-19)6-5-15(16)8-18(17)25-26(20,22)23/h2-4,7-9H,5-6,11-12H2,1H3,(H2,20,22,23). The Hall–Kier alpha value is -2.60. The second-order valence-electron chi connectivity index (χ2n) is 6.12. The maximum atomic E-state index is 11.2. The SMILES string of the molecule is COc1cc2c(cc1OS(N)(=O)=O)CCN(Cc1cccc(C#N)c1)C2. The first kappa shape index (κ1) is 18.2. The van der Waals surface area contributed by atoms with Crippen LogP contribution in [0.1, 0.15) is 22.3 Å². The molecule has 0 amide bonds. The molecule has 0 radical (unpaired) electrons. The lowest BCUT2D eigenvalue weighted by molar-refractivity contribution is 0.244. The van der Waals surface area contributed by atoms with E-state index >= 15 is 0 Å². The lowest BCUT2D eigenvalue weighted by Crippen LogP contribution is -2.30. The van der Waals surface area contributed by atoms with Gasteiger partial charge in [0, 0.05) is 19.6 Å². The quantitative estimate of drug-likeness (QED) is 0.855. The topological polar surface area (TPSA) is 106 Å². The van der Waals surface area contributed by atoms with Crippen LogP contribution < -0.4 is 14.1 Å². The molecule has 136 valence electrons. The van der Waals surface area contributed by atoms with E-state index in [1.54, 1.807) is 18.2 Å². The summed E-state index contributed by atoms with van der Waals surface area (Å²) in [6.07, 6.45) is 0.748. The monoisotopic (exact) mass is 373 g/mol. The third-order valence-electron chi connectivity index (χ3n) is 4.25. The second kappa shape index (κ2) is 7.33. The Bertz CT molecular complexity index is 967. The summed E-state index contributed by atoms with van der Waals surface area (Å²) in [6.45, 7) is 2.23. The molecule has 1 aliphatic rings. The molecule has 1 aliphatic heterocycles. The summed E-state index contributed by atoms with van der Waals surface area (Å²) in [6, 6.07) is 13.2. The van der Waals surface area contributed by atoms with Gasteiger partial charge in [-0.2, -0.15) is 18.8 Å². The smallest absolute Gasteiger partial charge is 0.380 e. The summed E-state index contributed by atoms with van der Waals surface area (Å²) in [4.78, 5) is 2.26. The number of rotatable bonds is 5. The van der Waals surface area contributed by atoms with Crippen LogP contribution in [0, 0.1) is 11.3 Å². The normalized spacial score (nSPS) is 14.3. The van der Waals surface area contributed by atoms with Crippen molar-refractivity contribution in [1.29, 1.82) is 5.26 Å². The molecule has 0 spiro atoms. The van der Waals surface area contributed by atoms with E-state index in [2.05, 4.69) is 11.0 Å². The van der Waals surface area contributed by atoms with E-state index in [-0.39, 0.29) is 5.75 Å². The number of benzene rings is 2. The number of nitrogens with two attached hydrogens (primary N) is 1. The Kier molecular flexibility index (Phi) is 5.13. The Balaban J connectivity index is 1.81. The summed E-state index contributed by atoms with van der Waals surface area (Å²) < 4.78 is 32.5. The highest BCUT2D eigenvalue weighted by Crippen LogP contribution is 2.34. The summed E-state index contributed by atoms with van der Waals surface area (Å²) in [5.41, 5.74) is 3.78. The zero-order valence-corrected chi connectivity index (χ0v) is 15.1. The fraction of sp³-hybridized carbons (Fsp3) is 0.278. The molecule has 0 bridgehead atoms. The number of hydrogen-bond donors (Lipinski definition) is 1. The molecular weight excluding hydrogens is 354 g/mol. The number of fused-ring (bicyclic) bond motifs is 1. The molecule has 8 heteroatoms. The third kappa shape index (κ3) is 4.32. The minimum Gasteiger partial charge on any atom is -0.493 e. The van der Waals surface area contributed by atoms with Crippen LogP contribution in [0.2, 0.25) is 0 Å². The van der Waals surface area contributed by atoms with Crippen LogP contribution >= 0.6 is 0 Å². The molecule has 0 aliphatic carbocycles. The molecular formula is C18H19N3O4S. The summed E-state index contributed by atoms with van der Waals surface area (Å²) in [5, 5.41) is 14.0. The molecule has 0 unspecified atom stereocenters. The Morgan fingerprint density at radius 3 is 2.69 bits per heavy atom. The maximum Gasteiger partial charge on any atom is 0.380 e. The molecule has 26 heavy (non-hydrogen) atoms. The van der Waals surface area contributed by atoms with E-state index < -0.39 is 10.3 Å². The highest BCUT2D eigenvalue weighted by atomic mass is 32.2. The van der Waals surface area contributed by atoms with E-state index in [4.69, 9.17) is 19.3 Å². The van der Waals surface area contributed by atoms with Gasteiger partial charge in [-0.15, -0.1) is 0 Å². The highest BCUT2D eigenvalue weighted by molar-refractivity contribution is 7.84. The van der Waals surface area contributed by atoms with E-state index in [1.165, 1.54) is 7.11 Å². The van der Waals surface area contributed by atoms with Crippen molar-refractivity contribution in [3.8, 4) is 17.6 Å². The molecule has 7 nitrogen and oxygen atoms in total. The van der Waals surface area contributed by atoms with Crippen molar-refractivity contribution in [3.05, 3.63) is 58.7 Å². The molecule has 0 saturated heterocycles. The largest absolute Gasteiger partial charge is 0.493 e. The van der Waals surface area contributed by atoms with Crippen molar-refractivity contribution in [2.45, 2.75) is 19.5 Å². The van der Waals surface area contributed by atoms with Gasteiger partial charge in [-0.25, -0.2) is 0 Å². The van der Waals surface area contributed by atoms with E-state index in [0.717, 1.165) is 36.2 Å². The maximum absolute atomic E-state index is 11.2. The first-order chi connectivity index (χ1) is 12.4. The van der Waals surface area contributed by atoms with Crippen molar-refractivity contribution in [3.63, 3.8) is 0 Å². The summed E-state index contributed by atoms with van der Waals surface area (Å²) >= 11 is 0. The van der Waals surface area contributed by atoms with Gasteiger partial charge >= 0.3 is 10.3 Å². The highest BCUT2D eigenvalue weighted by Gasteiger charge is 2.21. The molecule has 2 aromatic carbocycles.